The molecule has 0 aliphatic rings. The Morgan fingerprint density at radius 2 is 1.65 bits per heavy atom. The summed E-state index contributed by atoms with van der Waals surface area (Å²) in [5.41, 5.74) is 2.41. The van der Waals surface area contributed by atoms with Crippen molar-refractivity contribution in [2.75, 3.05) is 0 Å². The molecule has 0 amide bonds. The summed E-state index contributed by atoms with van der Waals surface area (Å²) >= 11 is 1.85. The van der Waals surface area contributed by atoms with Crippen molar-refractivity contribution >= 4 is 31.5 Å². The molecule has 17 heavy (non-hydrogen) atoms. The van der Waals surface area contributed by atoms with E-state index in [0.29, 0.717) is 0 Å². The maximum atomic E-state index is 3.12. The molecule has 1 aromatic heterocycles. The fourth-order valence-corrected chi connectivity index (χ4v) is 3.18. The zero-order valence-corrected chi connectivity index (χ0v) is 10.7. The number of rotatable bonds is 0. The second-order valence-electron chi connectivity index (χ2n) is 4.19. The highest BCUT2D eigenvalue weighted by Crippen LogP contribution is 2.34. The summed E-state index contributed by atoms with van der Waals surface area (Å²) in [6, 6.07) is 13.1. The lowest BCUT2D eigenvalue weighted by molar-refractivity contribution is 1.52. The summed E-state index contributed by atoms with van der Waals surface area (Å²) in [4.78, 5) is 0. The lowest BCUT2D eigenvalue weighted by atomic mass is 10.1. The van der Waals surface area contributed by atoms with Crippen LogP contribution in [0.25, 0.3) is 20.2 Å². The van der Waals surface area contributed by atoms with Crippen molar-refractivity contribution in [2.24, 2.45) is 0 Å². The summed E-state index contributed by atoms with van der Waals surface area (Å²) < 4.78 is 2.69. The van der Waals surface area contributed by atoms with E-state index in [1.807, 2.05) is 18.3 Å². The number of benzene rings is 2. The fraction of sp³-hybridized carbons (Fsp3) is 0.125. The Kier molecular flexibility index (Phi) is 2.39. The van der Waals surface area contributed by atoms with E-state index in [4.69, 9.17) is 0 Å². The molecule has 0 atom stereocenters. The molecule has 3 aromatic rings. The third-order valence-corrected chi connectivity index (χ3v) is 4.05. The molecule has 0 saturated heterocycles. The van der Waals surface area contributed by atoms with Crippen LogP contribution in [0.4, 0.5) is 0 Å². The van der Waals surface area contributed by atoms with Gasteiger partial charge in [-0.3, -0.25) is 0 Å². The molecule has 1 heterocycles. The van der Waals surface area contributed by atoms with Gasteiger partial charge < -0.3 is 0 Å². The van der Waals surface area contributed by atoms with Gasteiger partial charge in [0.05, 0.1) is 0 Å². The monoisotopic (exact) mass is 236 g/mol. The summed E-state index contributed by atoms with van der Waals surface area (Å²) in [7, 11) is 0. The van der Waals surface area contributed by atoms with Crippen LogP contribution in [0.3, 0.4) is 0 Å². The zero-order chi connectivity index (χ0) is 11.8. The molecule has 0 N–H and O–H groups in total. The maximum absolute atomic E-state index is 3.12. The second-order valence-corrected chi connectivity index (χ2v) is 5.27. The van der Waals surface area contributed by atoms with Crippen LogP contribution in [0.2, 0.25) is 0 Å². The predicted molar refractivity (Wildman–Crippen MR) is 76.6 cm³/mol. The third-order valence-electron chi connectivity index (χ3n) is 2.89. The van der Waals surface area contributed by atoms with Crippen LogP contribution < -0.4 is 0 Å². The topological polar surface area (TPSA) is 0 Å². The smallest absolute Gasteiger partial charge is 0.0356 e. The predicted octanol–water partition coefficient (Wildman–Crippen LogP) is 4.73. The van der Waals surface area contributed by atoms with E-state index in [2.05, 4.69) is 55.2 Å². The maximum Gasteiger partial charge on any atom is 0.0356 e. The Bertz CT molecular complexity index is 766. The first kappa shape index (κ1) is 10.4. The molecule has 2 aromatic carbocycles. The first-order valence-corrected chi connectivity index (χ1v) is 6.45. The molecule has 0 spiro atoms. The highest BCUT2D eigenvalue weighted by atomic mass is 32.1. The summed E-state index contributed by atoms with van der Waals surface area (Å²) in [5, 5.41) is 2.68. The van der Waals surface area contributed by atoms with Crippen molar-refractivity contribution in [1.82, 2.24) is 0 Å². The SMILES string of the molecule is CC#Cc1ccc2sc3ccc(C)cc3c2c1. The molecule has 3 rings (SSSR count). The summed E-state index contributed by atoms with van der Waals surface area (Å²) in [6.45, 7) is 4.01. The van der Waals surface area contributed by atoms with Crippen LogP contribution in [0, 0.1) is 18.8 Å². The van der Waals surface area contributed by atoms with Gasteiger partial charge in [-0.25, -0.2) is 0 Å². The van der Waals surface area contributed by atoms with Crippen LogP contribution >= 0.6 is 11.3 Å². The number of thiophene rings is 1. The lowest BCUT2D eigenvalue weighted by Crippen LogP contribution is -1.74. The van der Waals surface area contributed by atoms with Crippen molar-refractivity contribution < 1.29 is 0 Å². The van der Waals surface area contributed by atoms with Crippen LogP contribution in [0.1, 0.15) is 18.1 Å². The van der Waals surface area contributed by atoms with E-state index in [-0.39, 0.29) is 0 Å². The minimum atomic E-state index is 1.10. The number of fused-ring (bicyclic) bond motifs is 3. The Morgan fingerprint density at radius 3 is 2.41 bits per heavy atom. The molecular weight excluding hydrogens is 224 g/mol. The molecule has 0 unspecified atom stereocenters. The Labute approximate surface area is 105 Å². The average molecular weight is 236 g/mol. The molecule has 0 aliphatic carbocycles. The first-order valence-electron chi connectivity index (χ1n) is 5.63. The average Bonchev–Trinajstić information content (AvgIpc) is 2.67. The largest absolute Gasteiger partial charge is 0.135 e. The lowest BCUT2D eigenvalue weighted by Gasteiger charge is -1.95. The van der Waals surface area contributed by atoms with Gasteiger partial charge in [0, 0.05) is 25.7 Å². The molecule has 1 heteroatoms. The third kappa shape index (κ3) is 1.71. The summed E-state index contributed by atoms with van der Waals surface area (Å²) in [6.07, 6.45) is 0. The van der Waals surface area contributed by atoms with Gasteiger partial charge in [0.25, 0.3) is 0 Å². The fourth-order valence-electron chi connectivity index (χ4n) is 2.11. The number of hydrogen-bond donors (Lipinski definition) is 0. The van der Waals surface area contributed by atoms with Crippen molar-refractivity contribution in [1.29, 1.82) is 0 Å². The van der Waals surface area contributed by atoms with Gasteiger partial charge in [-0.15, -0.1) is 17.3 Å². The standard InChI is InChI=1S/C16H12S/c1-3-4-12-6-8-16-14(10-12)13-9-11(2)5-7-15(13)17-16/h5-10H,1-2H3. The molecule has 0 aliphatic heterocycles. The van der Waals surface area contributed by atoms with E-state index in [0.717, 1.165) is 5.56 Å². The van der Waals surface area contributed by atoms with Gasteiger partial charge in [-0.05, 0) is 44.2 Å². The molecular formula is C16H12S. The van der Waals surface area contributed by atoms with E-state index in [9.17, 15) is 0 Å². The van der Waals surface area contributed by atoms with E-state index < -0.39 is 0 Å². The molecule has 0 fully saturated rings. The number of aryl methyl sites for hydroxylation is 1. The van der Waals surface area contributed by atoms with Gasteiger partial charge >= 0.3 is 0 Å². The van der Waals surface area contributed by atoms with Crippen molar-refractivity contribution in [3.63, 3.8) is 0 Å². The van der Waals surface area contributed by atoms with Gasteiger partial charge in [0.1, 0.15) is 0 Å². The minimum Gasteiger partial charge on any atom is -0.135 e. The first-order chi connectivity index (χ1) is 8.28. The van der Waals surface area contributed by atoms with Gasteiger partial charge in [0.15, 0.2) is 0 Å². The highest BCUT2D eigenvalue weighted by Gasteiger charge is 2.05. The molecule has 0 bridgehead atoms. The van der Waals surface area contributed by atoms with E-state index >= 15 is 0 Å². The second kappa shape index (κ2) is 3.91. The van der Waals surface area contributed by atoms with Crippen molar-refractivity contribution in [3.05, 3.63) is 47.5 Å². The van der Waals surface area contributed by atoms with Gasteiger partial charge in [-0.2, -0.15) is 0 Å². The highest BCUT2D eigenvalue weighted by molar-refractivity contribution is 7.25. The molecule has 0 saturated carbocycles. The Morgan fingerprint density at radius 1 is 0.941 bits per heavy atom. The minimum absolute atomic E-state index is 1.10. The van der Waals surface area contributed by atoms with Crippen LogP contribution in [0.5, 0.6) is 0 Å². The van der Waals surface area contributed by atoms with Crippen LogP contribution in [-0.2, 0) is 0 Å². The Hall–Kier alpha value is -1.78. The van der Waals surface area contributed by atoms with Gasteiger partial charge in [0.2, 0.25) is 0 Å². The van der Waals surface area contributed by atoms with Gasteiger partial charge in [-0.1, -0.05) is 17.6 Å². The summed E-state index contributed by atoms with van der Waals surface area (Å²) in [5.74, 6) is 6.08. The van der Waals surface area contributed by atoms with E-state index in [1.54, 1.807) is 0 Å². The molecule has 82 valence electrons. The van der Waals surface area contributed by atoms with Crippen LogP contribution in [-0.4, -0.2) is 0 Å². The zero-order valence-electron chi connectivity index (χ0n) is 9.87. The molecule has 0 radical (unpaired) electrons. The quantitative estimate of drug-likeness (QED) is 0.495. The van der Waals surface area contributed by atoms with Crippen molar-refractivity contribution in [3.8, 4) is 11.8 Å². The molecule has 0 nitrogen and oxygen atoms in total. The van der Waals surface area contributed by atoms with Crippen molar-refractivity contribution in [2.45, 2.75) is 13.8 Å². The van der Waals surface area contributed by atoms with E-state index in [1.165, 1.54) is 25.7 Å². The van der Waals surface area contributed by atoms with Crippen LogP contribution in [0.15, 0.2) is 36.4 Å². The number of hydrogen-bond acceptors (Lipinski definition) is 1. The normalized spacial score (nSPS) is 10.5. The Balaban J connectivity index is 2.42.